The van der Waals surface area contributed by atoms with Gasteiger partial charge < -0.3 is 4.74 Å². The van der Waals surface area contributed by atoms with E-state index in [1.54, 1.807) is 4.68 Å². The van der Waals surface area contributed by atoms with Gasteiger partial charge in [-0.25, -0.2) is 0 Å². The zero-order valence-corrected chi connectivity index (χ0v) is 17.9. The summed E-state index contributed by atoms with van der Waals surface area (Å²) in [6.45, 7) is 5.26. The molecule has 0 unspecified atom stereocenters. The van der Waals surface area contributed by atoms with Gasteiger partial charge in [-0.3, -0.25) is 4.68 Å². The molecule has 0 amide bonds. The van der Waals surface area contributed by atoms with Crippen LogP contribution in [0.5, 0.6) is 5.75 Å². The number of nitrogens with zero attached hydrogens (tertiary/aromatic N) is 2. The average Bonchev–Trinajstić information content (AvgIpc) is 2.96. The molecule has 0 aliphatic heterocycles. The monoisotopic (exact) mass is 448 g/mol. The maximum atomic E-state index is 13.2. The van der Waals surface area contributed by atoms with Crippen LogP contribution in [0.2, 0.25) is 0 Å². The van der Waals surface area contributed by atoms with E-state index in [4.69, 9.17) is 9.59 Å². The Morgan fingerprint density at radius 1 is 1.16 bits per heavy atom. The predicted molar refractivity (Wildman–Crippen MR) is 103 cm³/mol. The number of hydrogen-bond donors (Lipinski definition) is 0. The molecule has 0 aliphatic carbocycles. The van der Waals surface area contributed by atoms with E-state index < -0.39 is 18.2 Å². The van der Waals surface area contributed by atoms with Crippen LogP contribution in [0.4, 0.5) is 22.0 Å². The molecule has 0 saturated carbocycles. The fourth-order valence-corrected chi connectivity index (χ4v) is 3.18. The molecule has 2 aromatic rings. The molecule has 0 fully saturated rings. The molecule has 2 rings (SSSR count). The zero-order chi connectivity index (χ0) is 24.0. The van der Waals surface area contributed by atoms with Crippen molar-refractivity contribution in [3.8, 4) is 17.0 Å². The molecule has 1 aromatic heterocycles. The molecule has 172 valence electrons. The first kappa shape index (κ1) is 26.3. The Morgan fingerprint density at radius 2 is 1.74 bits per heavy atom. The van der Waals surface area contributed by atoms with Crippen LogP contribution < -0.4 is 4.74 Å². The number of halogens is 5. The second-order valence-electron chi connectivity index (χ2n) is 7.44. The number of ether oxygens (including phenoxy) is 1. The van der Waals surface area contributed by atoms with E-state index in [9.17, 15) is 22.0 Å². The fraction of sp³-hybridized carbons (Fsp3) is 0.524. The summed E-state index contributed by atoms with van der Waals surface area (Å²) in [5.74, 6) is -0.147. The highest BCUT2D eigenvalue weighted by atomic mass is 19.4. The Morgan fingerprint density at radius 3 is 2.19 bits per heavy atom. The minimum absolute atomic E-state index is 0.147. The molecule has 0 N–H and O–H groups in total. The first-order chi connectivity index (χ1) is 14.3. The Bertz CT molecular complexity index is 914. The summed E-state index contributed by atoms with van der Waals surface area (Å²) >= 11 is 0. The molecule has 10 heteroatoms. The summed E-state index contributed by atoms with van der Waals surface area (Å²) in [4.78, 5) is 16.2. The largest absolute Gasteiger partial charge is 0.434 e. The van der Waals surface area contributed by atoms with Gasteiger partial charge in [0.1, 0.15) is 5.75 Å². The van der Waals surface area contributed by atoms with E-state index in [1.165, 1.54) is 18.2 Å². The Balaban J connectivity index is 0.00000151. The Kier molecular flexibility index (Phi) is 8.93. The van der Waals surface area contributed by atoms with Crippen LogP contribution >= 0.6 is 0 Å². The lowest BCUT2D eigenvalue weighted by atomic mass is 9.84. The van der Waals surface area contributed by atoms with Gasteiger partial charge in [-0.1, -0.05) is 26.8 Å². The van der Waals surface area contributed by atoms with Crippen molar-refractivity contribution in [2.24, 2.45) is 5.41 Å². The molecular weight excluding hydrogens is 423 g/mol. The van der Waals surface area contributed by atoms with Gasteiger partial charge in [-0.15, -0.1) is 0 Å². The van der Waals surface area contributed by atoms with Gasteiger partial charge in [-0.2, -0.15) is 36.6 Å². The summed E-state index contributed by atoms with van der Waals surface area (Å²) in [6, 6.07) is 4.33. The highest BCUT2D eigenvalue weighted by molar-refractivity contribution is 5.71. The van der Waals surface area contributed by atoms with E-state index in [2.05, 4.69) is 9.84 Å². The molecule has 0 atom stereocenters. The minimum atomic E-state index is -4.41. The third-order valence-electron chi connectivity index (χ3n) is 4.85. The Hall–Kier alpha value is -2.74. The van der Waals surface area contributed by atoms with Gasteiger partial charge in [0.25, 0.3) is 0 Å². The van der Waals surface area contributed by atoms with Crippen molar-refractivity contribution in [3.63, 3.8) is 0 Å². The van der Waals surface area contributed by atoms with Gasteiger partial charge in [0.2, 0.25) is 0 Å². The topological polar surface area (TPSA) is 61.2 Å². The number of alkyl halides is 5. The average molecular weight is 448 g/mol. The normalized spacial score (nSPS) is 11.7. The van der Waals surface area contributed by atoms with Crippen LogP contribution in [0.3, 0.4) is 0 Å². The minimum Gasteiger partial charge on any atom is -0.434 e. The van der Waals surface area contributed by atoms with Gasteiger partial charge in [-0.05, 0) is 49.9 Å². The number of benzene rings is 1. The van der Waals surface area contributed by atoms with Crippen LogP contribution in [0.15, 0.2) is 18.2 Å². The maximum Gasteiger partial charge on any atom is 0.394 e. The SMILES string of the molecule is CCc1nn(CC)c(-c2ccc(CC(C)(C)C(F)(F)F)cc2OC(F)F)c1C.O=C=O. The standard InChI is InChI=1S/C20H25F5N2O.CO2/c1-6-15-12(3)17(27(7-2)26-15)14-9-8-13(10-16(14)28-18(21)22)11-19(4,5)20(23,24)25;2-1-3/h8-10,18H,6-7,11H2,1-5H3;. The fourth-order valence-electron chi connectivity index (χ4n) is 3.18. The lowest BCUT2D eigenvalue weighted by Gasteiger charge is -2.28. The molecular formula is C21H25F5N2O3. The smallest absolute Gasteiger partial charge is 0.394 e. The lowest BCUT2D eigenvalue weighted by molar-refractivity contribution is -0.211. The maximum absolute atomic E-state index is 13.2. The van der Waals surface area contributed by atoms with Crippen molar-refractivity contribution in [2.75, 3.05) is 0 Å². The van der Waals surface area contributed by atoms with Gasteiger partial charge in [0.15, 0.2) is 0 Å². The third kappa shape index (κ3) is 6.37. The molecule has 0 saturated heterocycles. The Labute approximate surface area is 177 Å². The summed E-state index contributed by atoms with van der Waals surface area (Å²) in [7, 11) is 0. The highest BCUT2D eigenvalue weighted by Gasteiger charge is 2.47. The van der Waals surface area contributed by atoms with Crippen molar-refractivity contribution < 1.29 is 36.3 Å². The van der Waals surface area contributed by atoms with Crippen molar-refractivity contribution in [1.29, 1.82) is 0 Å². The van der Waals surface area contributed by atoms with Gasteiger partial charge in [0, 0.05) is 12.1 Å². The number of aromatic nitrogens is 2. The molecule has 0 bridgehead atoms. The van der Waals surface area contributed by atoms with Crippen molar-refractivity contribution in [2.45, 2.75) is 66.8 Å². The summed E-state index contributed by atoms with van der Waals surface area (Å²) in [5.41, 5.74) is 0.983. The van der Waals surface area contributed by atoms with E-state index in [0.29, 0.717) is 24.2 Å². The number of rotatable bonds is 7. The predicted octanol–water partition coefficient (Wildman–Crippen LogP) is 5.59. The summed E-state index contributed by atoms with van der Waals surface area (Å²) in [5, 5.41) is 4.48. The van der Waals surface area contributed by atoms with Crippen LogP contribution in [0.1, 0.15) is 44.5 Å². The number of aryl methyl sites for hydroxylation is 2. The molecule has 0 spiro atoms. The molecule has 0 radical (unpaired) electrons. The van der Waals surface area contributed by atoms with Crippen LogP contribution in [-0.4, -0.2) is 28.7 Å². The molecule has 31 heavy (non-hydrogen) atoms. The van der Waals surface area contributed by atoms with Crippen LogP contribution in [0.25, 0.3) is 11.3 Å². The van der Waals surface area contributed by atoms with Gasteiger partial charge >= 0.3 is 18.9 Å². The van der Waals surface area contributed by atoms with Crippen molar-refractivity contribution >= 4 is 6.15 Å². The quantitative estimate of drug-likeness (QED) is 0.518. The van der Waals surface area contributed by atoms with Gasteiger partial charge in [0.05, 0.1) is 16.8 Å². The van der Waals surface area contributed by atoms with Crippen molar-refractivity contribution in [1.82, 2.24) is 9.78 Å². The zero-order valence-electron chi connectivity index (χ0n) is 17.9. The first-order valence-electron chi connectivity index (χ1n) is 9.53. The molecule has 5 nitrogen and oxygen atoms in total. The second-order valence-corrected chi connectivity index (χ2v) is 7.44. The van der Waals surface area contributed by atoms with E-state index in [0.717, 1.165) is 25.1 Å². The number of hydrogen-bond acceptors (Lipinski definition) is 4. The van der Waals surface area contributed by atoms with Crippen LogP contribution in [-0.2, 0) is 29.0 Å². The first-order valence-corrected chi connectivity index (χ1v) is 9.53. The van der Waals surface area contributed by atoms with Crippen LogP contribution in [0, 0.1) is 12.3 Å². The second kappa shape index (κ2) is 10.5. The third-order valence-corrected chi connectivity index (χ3v) is 4.85. The molecule has 1 aromatic carbocycles. The molecule has 0 aliphatic rings. The highest BCUT2D eigenvalue weighted by Crippen LogP contribution is 2.42. The summed E-state index contributed by atoms with van der Waals surface area (Å²) < 4.78 is 72.0. The summed E-state index contributed by atoms with van der Waals surface area (Å²) in [6.07, 6.45) is -3.83. The lowest BCUT2D eigenvalue weighted by Crippen LogP contribution is -2.34. The number of carbonyl (C=O) groups excluding carboxylic acids is 2. The van der Waals surface area contributed by atoms with E-state index >= 15 is 0 Å². The van der Waals surface area contributed by atoms with E-state index in [-0.39, 0.29) is 23.9 Å². The van der Waals surface area contributed by atoms with Crippen molar-refractivity contribution in [3.05, 3.63) is 35.0 Å². The van der Waals surface area contributed by atoms with E-state index in [1.807, 2.05) is 20.8 Å². The molecule has 1 heterocycles.